The molecule has 1 saturated heterocycles. The number of thioether (sulfide) groups is 1. The summed E-state index contributed by atoms with van der Waals surface area (Å²) >= 11 is 1.40. The number of rotatable bonds is 9. The molecule has 180 valence electrons. The number of para-hydroxylation sites is 2. The van der Waals surface area contributed by atoms with E-state index < -0.39 is 0 Å². The van der Waals surface area contributed by atoms with Crippen LogP contribution < -0.4 is 4.74 Å². The quantitative estimate of drug-likeness (QED) is 0.331. The Bertz CT molecular complexity index is 1210. The monoisotopic (exact) mass is 489 g/mol. The van der Waals surface area contributed by atoms with Crippen LogP contribution in [0.25, 0.3) is 17.3 Å². The second-order valence-corrected chi connectivity index (χ2v) is 9.07. The van der Waals surface area contributed by atoms with Gasteiger partial charge in [-0.1, -0.05) is 48.2 Å². The number of nitrogens with zero attached hydrogens (tertiary/aromatic N) is 5. The summed E-state index contributed by atoms with van der Waals surface area (Å²) < 4.78 is 13.3. The number of hydrogen-bond donors (Lipinski definition) is 0. The molecule has 35 heavy (non-hydrogen) atoms. The lowest BCUT2D eigenvalue weighted by atomic mass is 10.3. The molecule has 8 nitrogen and oxygen atoms in total. The summed E-state index contributed by atoms with van der Waals surface area (Å²) in [6.45, 7) is 4.61. The smallest absolute Gasteiger partial charge is 0.233 e. The molecule has 1 fully saturated rings. The van der Waals surface area contributed by atoms with E-state index in [4.69, 9.17) is 9.15 Å². The van der Waals surface area contributed by atoms with Crippen molar-refractivity contribution in [2.24, 2.45) is 0 Å². The molecular weight excluding hydrogens is 462 g/mol. The molecule has 1 amide bonds. The fraction of sp³-hybridized carbons (Fsp3) is 0.269. The number of carbonyl (C=O) groups excluding carboxylic acids is 1. The maximum Gasteiger partial charge on any atom is 0.233 e. The van der Waals surface area contributed by atoms with E-state index in [0.717, 1.165) is 31.1 Å². The van der Waals surface area contributed by atoms with Crippen LogP contribution in [0.4, 0.5) is 0 Å². The number of aromatic nitrogens is 3. The molecule has 0 aliphatic carbocycles. The van der Waals surface area contributed by atoms with E-state index in [2.05, 4.69) is 15.1 Å². The van der Waals surface area contributed by atoms with Gasteiger partial charge in [0.15, 0.2) is 10.9 Å². The summed E-state index contributed by atoms with van der Waals surface area (Å²) in [5, 5.41) is 9.36. The van der Waals surface area contributed by atoms with Crippen molar-refractivity contribution in [2.45, 2.75) is 5.16 Å². The molecule has 1 aliphatic heterocycles. The molecule has 0 saturated carbocycles. The molecule has 5 rings (SSSR count). The van der Waals surface area contributed by atoms with Gasteiger partial charge in [-0.05, 0) is 36.4 Å². The van der Waals surface area contributed by atoms with Crippen LogP contribution in [0.2, 0.25) is 0 Å². The summed E-state index contributed by atoms with van der Waals surface area (Å²) in [7, 11) is 0. The largest absolute Gasteiger partial charge is 0.492 e. The number of piperazine rings is 1. The molecule has 4 aromatic rings. The summed E-state index contributed by atoms with van der Waals surface area (Å²) in [4.78, 5) is 17.2. The number of ether oxygens (including phenoxy) is 1. The predicted octanol–water partition coefficient (Wildman–Crippen LogP) is 3.84. The first-order chi connectivity index (χ1) is 17.3. The van der Waals surface area contributed by atoms with E-state index >= 15 is 0 Å². The van der Waals surface area contributed by atoms with E-state index in [1.54, 1.807) is 6.26 Å². The molecule has 0 unspecified atom stereocenters. The fourth-order valence-electron chi connectivity index (χ4n) is 3.99. The van der Waals surface area contributed by atoms with Crippen LogP contribution in [0.1, 0.15) is 0 Å². The lowest BCUT2D eigenvalue weighted by molar-refractivity contribution is -0.130. The average molecular weight is 490 g/mol. The summed E-state index contributed by atoms with van der Waals surface area (Å²) in [5.41, 5.74) is 0.921. The molecule has 3 heterocycles. The zero-order valence-corrected chi connectivity index (χ0v) is 20.1. The van der Waals surface area contributed by atoms with E-state index in [0.29, 0.717) is 42.2 Å². The zero-order valence-electron chi connectivity index (χ0n) is 19.3. The molecule has 0 radical (unpaired) electrons. The number of furan rings is 1. The summed E-state index contributed by atoms with van der Waals surface area (Å²) in [5.74, 6) is 2.55. The van der Waals surface area contributed by atoms with E-state index in [1.807, 2.05) is 82.3 Å². The van der Waals surface area contributed by atoms with E-state index in [1.165, 1.54) is 11.8 Å². The van der Waals surface area contributed by atoms with Crippen molar-refractivity contribution in [1.29, 1.82) is 0 Å². The van der Waals surface area contributed by atoms with Crippen LogP contribution in [0.3, 0.4) is 0 Å². The van der Waals surface area contributed by atoms with Crippen molar-refractivity contribution in [3.8, 4) is 23.0 Å². The standard InChI is InChI=1S/C26H27N5O3S/c32-24(30-15-13-29(14-16-30)17-19-33-22-10-5-2-6-11-22)20-35-26-28-27-25(23-12-7-18-34-23)31(26)21-8-3-1-4-9-21/h1-12,18H,13-17,19-20H2. The maximum absolute atomic E-state index is 12.9. The van der Waals surface area contributed by atoms with Gasteiger partial charge in [-0.2, -0.15) is 0 Å². The second kappa shape index (κ2) is 11.2. The van der Waals surface area contributed by atoms with Gasteiger partial charge in [0.1, 0.15) is 12.4 Å². The Morgan fingerprint density at radius 2 is 1.66 bits per heavy atom. The van der Waals surface area contributed by atoms with Gasteiger partial charge < -0.3 is 14.1 Å². The summed E-state index contributed by atoms with van der Waals surface area (Å²) in [6.07, 6.45) is 1.61. The van der Waals surface area contributed by atoms with E-state index in [-0.39, 0.29) is 5.91 Å². The van der Waals surface area contributed by atoms with Crippen molar-refractivity contribution in [2.75, 3.05) is 45.1 Å². The number of benzene rings is 2. The Hall–Kier alpha value is -3.56. The highest BCUT2D eigenvalue weighted by Gasteiger charge is 2.23. The first kappa shape index (κ1) is 23.2. The molecular formula is C26H27N5O3S. The lowest BCUT2D eigenvalue weighted by Gasteiger charge is -2.34. The van der Waals surface area contributed by atoms with Gasteiger partial charge in [0.25, 0.3) is 0 Å². The molecule has 0 atom stereocenters. The minimum Gasteiger partial charge on any atom is -0.492 e. The van der Waals surface area contributed by atoms with Crippen molar-refractivity contribution in [3.05, 3.63) is 79.1 Å². The molecule has 0 N–H and O–H groups in total. The molecule has 9 heteroatoms. The number of carbonyl (C=O) groups is 1. The highest BCUT2D eigenvalue weighted by Crippen LogP contribution is 2.28. The minimum absolute atomic E-state index is 0.109. The molecule has 2 aromatic carbocycles. The first-order valence-electron chi connectivity index (χ1n) is 11.6. The van der Waals surface area contributed by atoms with Crippen molar-refractivity contribution in [3.63, 3.8) is 0 Å². The summed E-state index contributed by atoms with van der Waals surface area (Å²) in [6, 6.07) is 23.4. The van der Waals surface area contributed by atoms with Crippen LogP contribution >= 0.6 is 11.8 Å². The van der Waals surface area contributed by atoms with Crippen LogP contribution in [0.15, 0.2) is 88.6 Å². The molecule has 2 aromatic heterocycles. The van der Waals surface area contributed by atoms with Gasteiger partial charge in [-0.15, -0.1) is 10.2 Å². The van der Waals surface area contributed by atoms with Gasteiger partial charge in [0, 0.05) is 38.4 Å². The molecule has 0 bridgehead atoms. The Morgan fingerprint density at radius 1 is 0.914 bits per heavy atom. The second-order valence-electron chi connectivity index (χ2n) is 8.13. The lowest BCUT2D eigenvalue weighted by Crippen LogP contribution is -2.50. The third-order valence-electron chi connectivity index (χ3n) is 5.86. The van der Waals surface area contributed by atoms with Crippen LogP contribution in [-0.4, -0.2) is 75.6 Å². The highest BCUT2D eigenvalue weighted by molar-refractivity contribution is 7.99. The molecule has 0 spiro atoms. The van der Waals surface area contributed by atoms with E-state index in [9.17, 15) is 4.79 Å². The van der Waals surface area contributed by atoms with Crippen molar-refractivity contribution in [1.82, 2.24) is 24.6 Å². The maximum atomic E-state index is 12.9. The van der Waals surface area contributed by atoms with Crippen molar-refractivity contribution >= 4 is 17.7 Å². The molecule has 1 aliphatic rings. The normalized spacial score (nSPS) is 14.2. The van der Waals surface area contributed by atoms with Gasteiger partial charge in [0.05, 0.1) is 12.0 Å². The van der Waals surface area contributed by atoms with Crippen LogP contribution in [0.5, 0.6) is 5.75 Å². The van der Waals surface area contributed by atoms with Gasteiger partial charge in [-0.3, -0.25) is 14.3 Å². The zero-order chi connectivity index (χ0) is 23.9. The minimum atomic E-state index is 0.109. The number of amides is 1. The van der Waals surface area contributed by atoms with Gasteiger partial charge >= 0.3 is 0 Å². The topological polar surface area (TPSA) is 76.6 Å². The average Bonchev–Trinajstić information content (AvgIpc) is 3.59. The van der Waals surface area contributed by atoms with Gasteiger partial charge in [-0.25, -0.2) is 0 Å². The predicted molar refractivity (Wildman–Crippen MR) is 135 cm³/mol. The Balaban J connectivity index is 1.15. The first-order valence-corrected chi connectivity index (χ1v) is 12.6. The Morgan fingerprint density at radius 3 is 2.37 bits per heavy atom. The van der Waals surface area contributed by atoms with Crippen molar-refractivity contribution < 1.29 is 13.9 Å². The van der Waals surface area contributed by atoms with Crippen LogP contribution in [-0.2, 0) is 4.79 Å². The van der Waals surface area contributed by atoms with Crippen LogP contribution in [0, 0.1) is 0 Å². The van der Waals surface area contributed by atoms with Gasteiger partial charge in [0.2, 0.25) is 11.7 Å². The number of hydrogen-bond acceptors (Lipinski definition) is 7. The third-order valence-corrected chi connectivity index (χ3v) is 6.77. The fourth-order valence-corrected chi connectivity index (χ4v) is 4.84. The third kappa shape index (κ3) is 5.75. The Kier molecular flexibility index (Phi) is 7.45. The Labute approximate surface area is 208 Å². The highest BCUT2D eigenvalue weighted by atomic mass is 32.2. The SMILES string of the molecule is O=C(CSc1nnc(-c2ccco2)n1-c1ccccc1)N1CCN(CCOc2ccccc2)CC1.